The second kappa shape index (κ2) is 6.22. The Morgan fingerprint density at radius 1 is 1.32 bits per heavy atom. The van der Waals surface area contributed by atoms with E-state index in [0.717, 1.165) is 11.0 Å². The average Bonchev–Trinajstić information content (AvgIpc) is 3.38. The lowest BCUT2D eigenvalue weighted by atomic mass is 10.1. The first-order chi connectivity index (χ1) is 12.1. The van der Waals surface area contributed by atoms with Gasteiger partial charge in [0, 0.05) is 17.3 Å². The highest BCUT2D eigenvalue weighted by molar-refractivity contribution is 5.97. The van der Waals surface area contributed by atoms with Gasteiger partial charge >= 0.3 is 0 Å². The van der Waals surface area contributed by atoms with Gasteiger partial charge in [-0.05, 0) is 48.6 Å². The lowest BCUT2D eigenvalue weighted by molar-refractivity contribution is 0.0916. The molecule has 2 heterocycles. The monoisotopic (exact) mass is 337 g/mol. The maximum Gasteiger partial charge on any atom is 0.253 e. The van der Waals surface area contributed by atoms with E-state index in [0.29, 0.717) is 17.0 Å². The van der Waals surface area contributed by atoms with Crippen molar-refractivity contribution < 1.29 is 15.0 Å². The molecule has 0 spiro atoms. The molecule has 1 unspecified atom stereocenters. The topological polar surface area (TPSA) is 98.2 Å². The normalized spacial score (nSPS) is 15.2. The van der Waals surface area contributed by atoms with E-state index in [-0.39, 0.29) is 18.3 Å². The quantitative estimate of drug-likeness (QED) is 0.575. The van der Waals surface area contributed by atoms with Crippen LogP contribution in [-0.4, -0.2) is 32.7 Å². The van der Waals surface area contributed by atoms with Crippen LogP contribution < -0.4 is 5.32 Å². The number of aromatic amines is 1. The molecule has 128 valence electrons. The number of nitrogens with one attached hydrogen (secondary N) is 2. The average molecular weight is 337 g/mol. The van der Waals surface area contributed by atoms with Gasteiger partial charge in [-0.25, -0.2) is 4.98 Å². The minimum absolute atomic E-state index is 0.0909. The summed E-state index contributed by atoms with van der Waals surface area (Å²) >= 11 is 0. The molecule has 1 amide bonds. The maximum absolute atomic E-state index is 12.5. The smallest absolute Gasteiger partial charge is 0.253 e. The summed E-state index contributed by atoms with van der Waals surface area (Å²) in [7, 11) is 0. The van der Waals surface area contributed by atoms with Crippen LogP contribution >= 0.6 is 0 Å². The molecular formula is C19H19N3O3. The first-order valence-corrected chi connectivity index (χ1v) is 8.33. The molecule has 3 aromatic rings. The van der Waals surface area contributed by atoms with Crippen LogP contribution in [-0.2, 0) is 0 Å². The van der Waals surface area contributed by atoms with E-state index in [1.807, 2.05) is 0 Å². The second-order valence-electron chi connectivity index (χ2n) is 6.46. The summed E-state index contributed by atoms with van der Waals surface area (Å²) in [6.07, 6.45) is 3.92. The molecule has 0 radical (unpaired) electrons. The molecule has 0 saturated heterocycles. The van der Waals surface area contributed by atoms with Crippen LogP contribution in [0.15, 0.2) is 42.6 Å². The molecule has 2 aromatic heterocycles. The van der Waals surface area contributed by atoms with Crippen molar-refractivity contribution >= 4 is 16.9 Å². The van der Waals surface area contributed by atoms with Gasteiger partial charge in [-0.1, -0.05) is 12.1 Å². The van der Waals surface area contributed by atoms with Gasteiger partial charge in [-0.2, -0.15) is 0 Å². The summed E-state index contributed by atoms with van der Waals surface area (Å²) < 4.78 is 0. The van der Waals surface area contributed by atoms with E-state index in [1.54, 1.807) is 24.3 Å². The van der Waals surface area contributed by atoms with Crippen molar-refractivity contribution in [3.8, 4) is 5.75 Å². The standard InChI is InChI=1S/C19H19N3O3/c23-10-17(12-2-1-3-15(24)7-12)22-19(25)14-6-13-8-16(11-4-5-11)21-18(13)20-9-14/h1-3,6-9,11,17,23-24H,4-5,10H2,(H,20,21)(H,22,25). The molecule has 1 aromatic carbocycles. The molecule has 25 heavy (non-hydrogen) atoms. The Balaban J connectivity index is 1.56. The fraction of sp³-hybridized carbons (Fsp3) is 0.263. The van der Waals surface area contributed by atoms with Gasteiger partial charge in [-0.3, -0.25) is 4.79 Å². The van der Waals surface area contributed by atoms with E-state index in [9.17, 15) is 15.0 Å². The molecule has 0 bridgehead atoms. The lowest BCUT2D eigenvalue weighted by Crippen LogP contribution is -2.30. The van der Waals surface area contributed by atoms with Crippen molar-refractivity contribution in [3.05, 3.63) is 59.4 Å². The highest BCUT2D eigenvalue weighted by Gasteiger charge is 2.25. The third-order valence-electron chi connectivity index (χ3n) is 4.53. The number of aliphatic hydroxyl groups is 1. The number of benzene rings is 1. The molecule has 4 N–H and O–H groups in total. The number of phenolic OH excluding ortho intramolecular Hbond substituents is 1. The summed E-state index contributed by atoms with van der Waals surface area (Å²) in [6, 6.07) is 9.75. The summed E-state index contributed by atoms with van der Waals surface area (Å²) in [4.78, 5) is 20.2. The molecular weight excluding hydrogens is 318 g/mol. The highest BCUT2D eigenvalue weighted by atomic mass is 16.3. The molecule has 6 heteroatoms. The van der Waals surface area contributed by atoms with Gasteiger partial charge in [0.2, 0.25) is 0 Å². The fourth-order valence-corrected chi connectivity index (χ4v) is 2.99. The SMILES string of the molecule is O=C(NC(CO)c1cccc(O)c1)c1cnc2[nH]c(C3CC3)cc2c1. The van der Waals surface area contributed by atoms with E-state index in [1.165, 1.54) is 30.8 Å². The van der Waals surface area contributed by atoms with E-state index in [2.05, 4.69) is 21.4 Å². The minimum Gasteiger partial charge on any atom is -0.508 e. The number of hydrogen-bond acceptors (Lipinski definition) is 4. The van der Waals surface area contributed by atoms with Crippen LogP contribution in [0.1, 0.15) is 46.4 Å². The summed E-state index contributed by atoms with van der Waals surface area (Å²) in [5, 5.41) is 22.9. The van der Waals surface area contributed by atoms with Crippen molar-refractivity contribution in [1.29, 1.82) is 0 Å². The number of amides is 1. The summed E-state index contributed by atoms with van der Waals surface area (Å²) in [6.45, 7) is -0.263. The van der Waals surface area contributed by atoms with Gasteiger partial charge < -0.3 is 20.5 Å². The fourth-order valence-electron chi connectivity index (χ4n) is 2.99. The Kier molecular flexibility index (Phi) is 3.89. The number of aromatic hydroxyl groups is 1. The number of pyridine rings is 1. The van der Waals surface area contributed by atoms with Crippen LogP contribution in [0.4, 0.5) is 0 Å². The first-order valence-electron chi connectivity index (χ1n) is 8.33. The number of nitrogens with zero attached hydrogens (tertiary/aromatic N) is 1. The van der Waals surface area contributed by atoms with Gasteiger partial charge in [0.05, 0.1) is 18.2 Å². The Hall–Kier alpha value is -2.86. The van der Waals surface area contributed by atoms with E-state index >= 15 is 0 Å². The molecule has 4 rings (SSSR count). The second-order valence-corrected chi connectivity index (χ2v) is 6.46. The maximum atomic E-state index is 12.5. The third-order valence-corrected chi connectivity index (χ3v) is 4.53. The van der Waals surface area contributed by atoms with Crippen LogP contribution in [0.5, 0.6) is 5.75 Å². The number of hydrogen-bond donors (Lipinski definition) is 4. The van der Waals surface area contributed by atoms with Crippen molar-refractivity contribution in [3.63, 3.8) is 0 Å². The predicted molar refractivity (Wildman–Crippen MR) is 93.5 cm³/mol. The number of phenols is 1. The Labute approximate surface area is 144 Å². The highest BCUT2D eigenvalue weighted by Crippen LogP contribution is 2.40. The zero-order chi connectivity index (χ0) is 17.4. The number of H-pyrrole nitrogens is 1. The lowest BCUT2D eigenvalue weighted by Gasteiger charge is -2.17. The molecule has 1 saturated carbocycles. The van der Waals surface area contributed by atoms with Gasteiger partial charge in [-0.15, -0.1) is 0 Å². The predicted octanol–water partition coefficient (Wildman–Crippen LogP) is 2.61. The van der Waals surface area contributed by atoms with Crippen molar-refractivity contribution in [2.75, 3.05) is 6.61 Å². The van der Waals surface area contributed by atoms with E-state index < -0.39 is 6.04 Å². The largest absolute Gasteiger partial charge is 0.508 e. The number of aromatic nitrogens is 2. The minimum atomic E-state index is -0.594. The van der Waals surface area contributed by atoms with Crippen molar-refractivity contribution in [2.45, 2.75) is 24.8 Å². The van der Waals surface area contributed by atoms with Crippen LogP contribution in [0, 0.1) is 0 Å². The van der Waals surface area contributed by atoms with Crippen LogP contribution in [0.25, 0.3) is 11.0 Å². The molecule has 1 atom stereocenters. The summed E-state index contributed by atoms with van der Waals surface area (Å²) in [5.41, 5.74) is 3.04. The number of carbonyl (C=O) groups is 1. The Bertz CT molecular complexity index is 931. The summed E-state index contributed by atoms with van der Waals surface area (Å²) in [5.74, 6) is 0.371. The number of fused-ring (bicyclic) bond motifs is 1. The van der Waals surface area contributed by atoms with Gasteiger partial charge in [0.25, 0.3) is 5.91 Å². The Morgan fingerprint density at radius 2 is 2.16 bits per heavy atom. The van der Waals surface area contributed by atoms with Crippen molar-refractivity contribution in [1.82, 2.24) is 15.3 Å². The number of carbonyl (C=O) groups excluding carboxylic acids is 1. The van der Waals surface area contributed by atoms with Crippen LogP contribution in [0.3, 0.4) is 0 Å². The zero-order valence-electron chi connectivity index (χ0n) is 13.6. The van der Waals surface area contributed by atoms with Gasteiger partial charge in [0.1, 0.15) is 11.4 Å². The molecule has 1 fully saturated rings. The third kappa shape index (κ3) is 3.21. The Morgan fingerprint density at radius 3 is 2.88 bits per heavy atom. The first kappa shape index (κ1) is 15.7. The molecule has 0 aliphatic heterocycles. The van der Waals surface area contributed by atoms with Crippen LogP contribution in [0.2, 0.25) is 0 Å². The number of aliphatic hydroxyl groups excluding tert-OH is 1. The zero-order valence-corrected chi connectivity index (χ0v) is 13.6. The molecule has 1 aliphatic rings. The molecule has 1 aliphatic carbocycles. The number of rotatable bonds is 5. The van der Waals surface area contributed by atoms with Gasteiger partial charge in [0.15, 0.2) is 0 Å². The van der Waals surface area contributed by atoms with Crippen molar-refractivity contribution in [2.24, 2.45) is 0 Å². The van der Waals surface area contributed by atoms with E-state index in [4.69, 9.17) is 0 Å². The molecule has 6 nitrogen and oxygen atoms in total.